The van der Waals surface area contributed by atoms with Crippen LogP contribution < -0.4 is 4.31 Å². The molecule has 1 aromatic carbocycles. The van der Waals surface area contributed by atoms with Crippen LogP contribution in [0, 0.1) is 12.8 Å². The molecule has 1 aromatic heterocycles. The first-order valence-corrected chi connectivity index (χ1v) is 9.55. The summed E-state index contributed by atoms with van der Waals surface area (Å²) in [5, 5.41) is 0. The number of hydrogen-bond donors (Lipinski definition) is 0. The summed E-state index contributed by atoms with van der Waals surface area (Å²) in [5.41, 5.74) is 1.36. The van der Waals surface area contributed by atoms with E-state index in [1.54, 1.807) is 41.7 Å². The number of Topliss-reactive ketones (excluding diaryl/α,β-unsaturated/α-hetero) is 1. The van der Waals surface area contributed by atoms with E-state index in [0.717, 1.165) is 5.56 Å². The van der Waals surface area contributed by atoms with Gasteiger partial charge in [0.15, 0.2) is 22.6 Å². The maximum atomic E-state index is 13.1. The van der Waals surface area contributed by atoms with Gasteiger partial charge in [-0.05, 0) is 44.5 Å². The lowest BCUT2D eigenvalue weighted by Crippen LogP contribution is -2.29. The molecule has 2 heterocycles. The van der Waals surface area contributed by atoms with Gasteiger partial charge in [0.1, 0.15) is 5.92 Å². The first kappa shape index (κ1) is 18.3. The van der Waals surface area contributed by atoms with Gasteiger partial charge in [0.2, 0.25) is 0 Å². The van der Waals surface area contributed by atoms with E-state index in [0.29, 0.717) is 16.3 Å². The molecule has 2 atom stereocenters. The van der Waals surface area contributed by atoms with Crippen LogP contribution >= 0.6 is 0 Å². The van der Waals surface area contributed by atoms with Crippen molar-refractivity contribution in [3.63, 3.8) is 0 Å². The van der Waals surface area contributed by atoms with Gasteiger partial charge < -0.3 is 4.74 Å². The second-order valence-corrected chi connectivity index (χ2v) is 7.41. The number of anilines is 1. The lowest BCUT2D eigenvalue weighted by Gasteiger charge is -2.21. The summed E-state index contributed by atoms with van der Waals surface area (Å²) in [7, 11) is -1.53. The van der Waals surface area contributed by atoms with Crippen molar-refractivity contribution in [2.45, 2.75) is 25.2 Å². The molecule has 3 rings (SSSR count). The number of ketones is 1. The minimum absolute atomic E-state index is 0.210. The Kier molecular flexibility index (Phi) is 5.46. The highest BCUT2D eigenvalue weighted by Gasteiger charge is 2.36. The third-order valence-corrected chi connectivity index (χ3v) is 5.65. The molecule has 136 valence electrons. The van der Waals surface area contributed by atoms with Crippen molar-refractivity contribution in [3.05, 3.63) is 53.7 Å². The average Bonchev–Trinajstić information content (AvgIpc) is 2.79. The van der Waals surface area contributed by atoms with Crippen molar-refractivity contribution in [1.82, 2.24) is 4.98 Å². The maximum absolute atomic E-state index is 13.1. The zero-order valence-corrected chi connectivity index (χ0v) is 15.5. The summed E-state index contributed by atoms with van der Waals surface area (Å²) < 4.78 is 19.7. The molecular formula is C19H20N2O4S. The number of aromatic nitrogens is 1. The van der Waals surface area contributed by atoms with E-state index in [9.17, 15) is 13.8 Å². The Labute approximate surface area is 154 Å². The van der Waals surface area contributed by atoms with Crippen LogP contribution in [0.1, 0.15) is 29.3 Å². The van der Waals surface area contributed by atoms with Crippen LogP contribution in [0.25, 0.3) is 0 Å². The third kappa shape index (κ3) is 3.53. The predicted octanol–water partition coefficient (Wildman–Crippen LogP) is 2.68. The van der Waals surface area contributed by atoms with Gasteiger partial charge in [-0.25, -0.2) is 9.19 Å². The molecule has 0 saturated heterocycles. The largest absolute Gasteiger partial charge is 0.465 e. The van der Waals surface area contributed by atoms with Crippen molar-refractivity contribution in [2.24, 2.45) is 5.92 Å². The normalized spacial score (nSPS) is 18.0. The zero-order chi connectivity index (χ0) is 18.7. The fourth-order valence-electron chi connectivity index (χ4n) is 2.87. The van der Waals surface area contributed by atoms with Gasteiger partial charge in [-0.1, -0.05) is 17.7 Å². The molecule has 0 bridgehead atoms. The lowest BCUT2D eigenvalue weighted by molar-refractivity contribution is -0.146. The minimum Gasteiger partial charge on any atom is -0.465 e. The SMILES string of the molecule is CCOC(=O)C1CCN(S(=O)c2ccc(C)cc2)c2ncccc2C1=O. The Hall–Kier alpha value is -2.54. The Morgan fingerprint density at radius 3 is 2.73 bits per heavy atom. The van der Waals surface area contributed by atoms with E-state index in [2.05, 4.69) is 4.98 Å². The molecule has 0 saturated carbocycles. The van der Waals surface area contributed by atoms with Crippen LogP contribution in [0.5, 0.6) is 0 Å². The monoisotopic (exact) mass is 372 g/mol. The van der Waals surface area contributed by atoms with E-state index >= 15 is 0 Å². The van der Waals surface area contributed by atoms with E-state index in [-0.39, 0.29) is 25.4 Å². The van der Waals surface area contributed by atoms with Gasteiger partial charge in [-0.15, -0.1) is 0 Å². The molecule has 2 aromatic rings. The molecule has 2 unspecified atom stereocenters. The topological polar surface area (TPSA) is 76.6 Å². The van der Waals surface area contributed by atoms with E-state index in [1.807, 2.05) is 19.1 Å². The van der Waals surface area contributed by atoms with Crippen LogP contribution in [0.3, 0.4) is 0 Å². The van der Waals surface area contributed by atoms with Crippen molar-refractivity contribution in [2.75, 3.05) is 17.5 Å². The van der Waals surface area contributed by atoms with Gasteiger partial charge in [0.05, 0.1) is 17.1 Å². The number of nitrogens with zero attached hydrogens (tertiary/aromatic N) is 2. The molecule has 7 heteroatoms. The molecule has 1 aliphatic rings. The smallest absolute Gasteiger partial charge is 0.316 e. The fourth-order valence-corrected chi connectivity index (χ4v) is 4.07. The first-order chi connectivity index (χ1) is 12.5. The van der Waals surface area contributed by atoms with Gasteiger partial charge in [-0.2, -0.15) is 0 Å². The summed E-state index contributed by atoms with van der Waals surface area (Å²) in [5.74, 6) is -1.45. The molecular weight excluding hydrogens is 352 g/mol. The van der Waals surface area contributed by atoms with Crippen LogP contribution in [-0.4, -0.2) is 34.1 Å². The van der Waals surface area contributed by atoms with Crippen molar-refractivity contribution < 1.29 is 18.5 Å². The van der Waals surface area contributed by atoms with Crippen LogP contribution in [0.4, 0.5) is 5.82 Å². The van der Waals surface area contributed by atoms with Crippen molar-refractivity contribution >= 4 is 28.6 Å². The number of carbonyl (C=O) groups is 2. The molecule has 0 aliphatic carbocycles. The van der Waals surface area contributed by atoms with E-state index < -0.39 is 22.9 Å². The van der Waals surface area contributed by atoms with Gasteiger partial charge in [0, 0.05) is 12.7 Å². The molecule has 0 fully saturated rings. The summed E-state index contributed by atoms with van der Waals surface area (Å²) in [4.78, 5) is 29.9. The average molecular weight is 372 g/mol. The minimum atomic E-state index is -1.53. The fraction of sp³-hybridized carbons (Fsp3) is 0.316. The number of carbonyl (C=O) groups excluding carboxylic acids is 2. The Morgan fingerprint density at radius 1 is 1.31 bits per heavy atom. The first-order valence-electron chi connectivity index (χ1n) is 8.45. The maximum Gasteiger partial charge on any atom is 0.316 e. The van der Waals surface area contributed by atoms with Crippen LogP contribution in [-0.2, 0) is 20.5 Å². The number of hydrogen-bond acceptors (Lipinski definition) is 5. The quantitative estimate of drug-likeness (QED) is 0.609. The third-order valence-electron chi connectivity index (χ3n) is 4.22. The van der Waals surface area contributed by atoms with Gasteiger partial charge in [-0.3, -0.25) is 13.9 Å². The van der Waals surface area contributed by atoms with E-state index in [1.165, 1.54) is 0 Å². The highest BCUT2D eigenvalue weighted by atomic mass is 32.2. The zero-order valence-electron chi connectivity index (χ0n) is 14.7. The highest BCUT2D eigenvalue weighted by Crippen LogP contribution is 2.30. The molecule has 0 amide bonds. The number of esters is 1. The number of ether oxygens (including phenoxy) is 1. The lowest BCUT2D eigenvalue weighted by atomic mass is 9.96. The molecule has 26 heavy (non-hydrogen) atoms. The highest BCUT2D eigenvalue weighted by molar-refractivity contribution is 7.86. The molecule has 0 spiro atoms. The summed E-state index contributed by atoms with van der Waals surface area (Å²) in [6.45, 7) is 4.13. The number of fused-ring (bicyclic) bond motifs is 1. The molecule has 0 radical (unpaired) electrons. The molecule has 6 nitrogen and oxygen atoms in total. The summed E-state index contributed by atoms with van der Waals surface area (Å²) in [6.07, 6.45) is 1.78. The van der Waals surface area contributed by atoms with Crippen molar-refractivity contribution in [1.29, 1.82) is 0 Å². The number of benzene rings is 1. The van der Waals surface area contributed by atoms with Gasteiger partial charge in [0.25, 0.3) is 0 Å². The number of aryl methyl sites for hydroxylation is 1. The second kappa shape index (κ2) is 7.78. The Morgan fingerprint density at radius 2 is 2.04 bits per heavy atom. The van der Waals surface area contributed by atoms with Crippen LogP contribution in [0.2, 0.25) is 0 Å². The second-order valence-electron chi connectivity index (χ2n) is 6.00. The summed E-state index contributed by atoms with van der Waals surface area (Å²) >= 11 is 0. The van der Waals surface area contributed by atoms with E-state index in [4.69, 9.17) is 4.74 Å². The Balaban J connectivity index is 1.99. The number of pyridine rings is 1. The summed E-state index contributed by atoms with van der Waals surface area (Å²) in [6, 6.07) is 10.6. The van der Waals surface area contributed by atoms with Gasteiger partial charge >= 0.3 is 5.97 Å². The standard InChI is InChI=1S/C19H20N2O4S/c1-3-25-19(23)16-10-12-21(18-15(17(16)22)5-4-11-20-18)26(24)14-8-6-13(2)7-9-14/h4-9,11,16H,3,10,12H2,1-2H3. The molecule has 0 N–H and O–H groups in total. The predicted molar refractivity (Wildman–Crippen MR) is 98.2 cm³/mol. The van der Waals surface area contributed by atoms with Crippen LogP contribution in [0.15, 0.2) is 47.5 Å². The number of rotatable bonds is 4. The Bertz CT molecular complexity index is 851. The molecule has 1 aliphatic heterocycles. The van der Waals surface area contributed by atoms with Crippen molar-refractivity contribution in [3.8, 4) is 0 Å².